The summed E-state index contributed by atoms with van der Waals surface area (Å²) in [6.07, 6.45) is 3.52. The fourth-order valence-corrected chi connectivity index (χ4v) is 2.64. The largest absolute Gasteiger partial charge is 0.378 e. The van der Waals surface area contributed by atoms with E-state index in [2.05, 4.69) is 92.8 Å². The molecule has 0 saturated heterocycles. The van der Waals surface area contributed by atoms with Gasteiger partial charge in [0.2, 0.25) is 0 Å². The molecule has 108 valence electrons. The molecule has 0 bridgehead atoms. The van der Waals surface area contributed by atoms with Crippen LogP contribution < -0.4 is 14.7 Å². The lowest BCUT2D eigenvalue weighted by molar-refractivity contribution is 1.09. The summed E-state index contributed by atoms with van der Waals surface area (Å²) in [6.45, 7) is 0. The first kappa shape index (κ1) is 13.8. The van der Waals surface area contributed by atoms with Crippen molar-refractivity contribution in [3.05, 3.63) is 53.9 Å². The maximum Gasteiger partial charge on any atom is 0.0546 e. The van der Waals surface area contributed by atoms with Crippen LogP contribution in [0.4, 0.5) is 22.7 Å². The molecule has 1 aliphatic rings. The Bertz CT molecular complexity index is 617. The minimum absolute atomic E-state index is 1.15. The third-order valence-corrected chi connectivity index (χ3v) is 3.99. The second-order valence-electron chi connectivity index (χ2n) is 5.88. The van der Waals surface area contributed by atoms with Gasteiger partial charge in [-0.3, -0.25) is 0 Å². The van der Waals surface area contributed by atoms with Gasteiger partial charge in [-0.05, 0) is 35.4 Å². The van der Waals surface area contributed by atoms with Gasteiger partial charge in [0.1, 0.15) is 0 Å². The van der Waals surface area contributed by atoms with E-state index in [1.807, 2.05) is 0 Å². The lowest BCUT2D eigenvalue weighted by Crippen LogP contribution is -2.20. The highest BCUT2D eigenvalue weighted by Gasteiger charge is 2.21. The topological polar surface area (TPSA) is 9.72 Å². The number of rotatable bonds is 2. The quantitative estimate of drug-likeness (QED) is 0.834. The van der Waals surface area contributed by atoms with Gasteiger partial charge in [-0.15, -0.1) is 0 Å². The third-order valence-electron chi connectivity index (χ3n) is 3.99. The molecule has 3 heteroatoms. The number of hydrogen-bond acceptors (Lipinski definition) is 3. The van der Waals surface area contributed by atoms with Gasteiger partial charge in [0.05, 0.1) is 6.42 Å². The van der Waals surface area contributed by atoms with Crippen LogP contribution in [-0.4, -0.2) is 35.2 Å². The van der Waals surface area contributed by atoms with Crippen molar-refractivity contribution in [2.24, 2.45) is 0 Å². The summed E-state index contributed by atoms with van der Waals surface area (Å²) in [7, 11) is 10.4. The summed E-state index contributed by atoms with van der Waals surface area (Å²) < 4.78 is 0. The van der Waals surface area contributed by atoms with Crippen molar-refractivity contribution in [2.45, 2.75) is 0 Å². The Hall–Kier alpha value is -2.16. The predicted octanol–water partition coefficient (Wildman–Crippen LogP) is 3.38. The monoisotopic (exact) mass is 279 g/mol. The zero-order valence-corrected chi connectivity index (χ0v) is 13.3. The maximum absolute atomic E-state index is 3.52. The Kier molecular flexibility index (Phi) is 3.28. The molecular weight excluding hydrogens is 258 g/mol. The summed E-state index contributed by atoms with van der Waals surface area (Å²) in [6, 6.07) is 13.0. The molecule has 0 fully saturated rings. The molecule has 21 heavy (non-hydrogen) atoms. The van der Waals surface area contributed by atoms with Crippen molar-refractivity contribution in [3.8, 4) is 0 Å². The maximum atomic E-state index is 3.52. The van der Waals surface area contributed by atoms with Crippen molar-refractivity contribution in [1.29, 1.82) is 0 Å². The highest BCUT2D eigenvalue weighted by Crippen LogP contribution is 2.41. The number of benzene rings is 2. The molecule has 0 amide bonds. The van der Waals surface area contributed by atoms with Crippen LogP contribution in [0.15, 0.2) is 36.4 Å². The van der Waals surface area contributed by atoms with Crippen molar-refractivity contribution in [3.63, 3.8) is 0 Å². The molecule has 0 spiro atoms. The zero-order valence-electron chi connectivity index (χ0n) is 13.3. The second-order valence-corrected chi connectivity index (χ2v) is 5.88. The summed E-state index contributed by atoms with van der Waals surface area (Å²) in [5, 5.41) is 0. The normalized spacial score (nSPS) is 12.7. The van der Waals surface area contributed by atoms with Gasteiger partial charge in [0, 0.05) is 58.0 Å². The molecule has 1 aliphatic heterocycles. The van der Waals surface area contributed by atoms with E-state index in [0.29, 0.717) is 0 Å². The number of hydrogen-bond donors (Lipinski definition) is 0. The van der Waals surface area contributed by atoms with Crippen LogP contribution in [0.3, 0.4) is 0 Å². The van der Waals surface area contributed by atoms with Crippen LogP contribution in [0.5, 0.6) is 0 Å². The first-order chi connectivity index (χ1) is 9.97. The van der Waals surface area contributed by atoms with E-state index in [-0.39, 0.29) is 0 Å². The molecule has 2 aromatic rings. The SMILES string of the molecule is CN(C)c1ccc2c(c1)N(C)c1cc(N(C)C)ccc1[C]2. The molecule has 2 aromatic carbocycles. The number of anilines is 4. The van der Waals surface area contributed by atoms with E-state index in [0.717, 1.165) is 11.1 Å². The van der Waals surface area contributed by atoms with Crippen LogP contribution in [0, 0.1) is 6.42 Å². The highest BCUT2D eigenvalue weighted by molar-refractivity contribution is 5.81. The van der Waals surface area contributed by atoms with E-state index in [1.54, 1.807) is 0 Å². The Morgan fingerprint density at radius 1 is 0.762 bits per heavy atom. The molecule has 3 rings (SSSR count). The fourth-order valence-electron chi connectivity index (χ4n) is 2.64. The van der Waals surface area contributed by atoms with Crippen molar-refractivity contribution >= 4 is 22.7 Å². The van der Waals surface area contributed by atoms with Gasteiger partial charge in [-0.2, -0.15) is 0 Å². The predicted molar refractivity (Wildman–Crippen MR) is 91.0 cm³/mol. The molecule has 0 atom stereocenters. The Morgan fingerprint density at radius 3 is 1.57 bits per heavy atom. The van der Waals surface area contributed by atoms with Crippen molar-refractivity contribution < 1.29 is 0 Å². The lowest BCUT2D eigenvalue weighted by atomic mass is 9.95. The summed E-state index contributed by atoms with van der Waals surface area (Å²) in [5.74, 6) is 0. The molecule has 1 heterocycles. The average molecular weight is 279 g/mol. The molecule has 2 radical (unpaired) electrons. The minimum atomic E-state index is 1.15. The zero-order chi connectivity index (χ0) is 15.1. The van der Waals surface area contributed by atoms with Crippen LogP contribution >= 0.6 is 0 Å². The molecule has 0 aliphatic carbocycles. The molecule has 3 nitrogen and oxygen atoms in total. The molecule has 0 saturated carbocycles. The second kappa shape index (κ2) is 4.99. The standard InChI is InChI=1S/C18H21N3/c1-19(2)15-8-6-13-10-14-7-9-16(20(3)4)12-18(14)21(5)17(13)11-15/h6-9,11-12H,1-5H3. The van der Waals surface area contributed by atoms with Gasteiger partial charge < -0.3 is 14.7 Å². The smallest absolute Gasteiger partial charge is 0.0546 e. The average Bonchev–Trinajstić information content (AvgIpc) is 2.46. The van der Waals surface area contributed by atoms with Gasteiger partial charge in [0.15, 0.2) is 0 Å². The van der Waals surface area contributed by atoms with Crippen LogP contribution in [-0.2, 0) is 0 Å². The van der Waals surface area contributed by atoms with Crippen LogP contribution in [0.2, 0.25) is 0 Å². The summed E-state index contributed by atoms with van der Waals surface area (Å²) in [4.78, 5) is 6.50. The van der Waals surface area contributed by atoms with E-state index in [4.69, 9.17) is 0 Å². The molecule has 0 aromatic heterocycles. The third kappa shape index (κ3) is 2.33. The van der Waals surface area contributed by atoms with Gasteiger partial charge in [0.25, 0.3) is 0 Å². The van der Waals surface area contributed by atoms with E-state index in [1.165, 1.54) is 22.7 Å². The van der Waals surface area contributed by atoms with Gasteiger partial charge in [-0.25, -0.2) is 0 Å². The molecule has 0 N–H and O–H groups in total. The summed E-state index contributed by atoms with van der Waals surface area (Å²) in [5.41, 5.74) is 7.10. The van der Waals surface area contributed by atoms with Crippen LogP contribution in [0.25, 0.3) is 0 Å². The van der Waals surface area contributed by atoms with Crippen LogP contribution in [0.1, 0.15) is 11.1 Å². The Labute approximate surface area is 127 Å². The first-order valence-corrected chi connectivity index (χ1v) is 7.11. The minimum Gasteiger partial charge on any atom is -0.378 e. The van der Waals surface area contributed by atoms with E-state index >= 15 is 0 Å². The fraction of sp³-hybridized carbons (Fsp3) is 0.278. The van der Waals surface area contributed by atoms with E-state index < -0.39 is 0 Å². The molecular formula is C18H21N3. The number of fused-ring (bicyclic) bond motifs is 2. The summed E-state index contributed by atoms with van der Waals surface area (Å²) >= 11 is 0. The lowest BCUT2D eigenvalue weighted by Gasteiger charge is -2.31. The van der Waals surface area contributed by atoms with Crippen molar-refractivity contribution in [2.75, 3.05) is 49.9 Å². The first-order valence-electron chi connectivity index (χ1n) is 7.11. The van der Waals surface area contributed by atoms with Gasteiger partial charge in [-0.1, -0.05) is 12.1 Å². The van der Waals surface area contributed by atoms with Gasteiger partial charge >= 0.3 is 0 Å². The van der Waals surface area contributed by atoms with Crippen molar-refractivity contribution in [1.82, 2.24) is 0 Å². The molecule has 0 unspecified atom stereocenters. The van der Waals surface area contributed by atoms with E-state index in [9.17, 15) is 0 Å². The Morgan fingerprint density at radius 2 is 1.19 bits per heavy atom. The number of nitrogens with zero attached hydrogens (tertiary/aromatic N) is 3. The Balaban J connectivity index is 2.07. The highest BCUT2D eigenvalue weighted by atomic mass is 15.1.